The van der Waals surface area contributed by atoms with Crippen molar-refractivity contribution >= 4 is 11.6 Å². The molecule has 2 nitrogen and oxygen atoms in total. The molecule has 19 heavy (non-hydrogen) atoms. The van der Waals surface area contributed by atoms with E-state index >= 15 is 0 Å². The lowest BCUT2D eigenvalue weighted by Crippen LogP contribution is -2.19. The zero-order chi connectivity index (χ0) is 13.7. The van der Waals surface area contributed by atoms with E-state index in [1.165, 1.54) is 11.1 Å². The van der Waals surface area contributed by atoms with E-state index in [4.69, 9.17) is 17.3 Å². The van der Waals surface area contributed by atoms with E-state index in [9.17, 15) is 5.11 Å². The number of nitrogens with two attached hydrogens (primary N) is 1. The SMILES string of the molecule is NCC(Cc1ccc(O)cc1)Cc1ccc(Cl)cc1. The predicted molar refractivity (Wildman–Crippen MR) is 79.5 cm³/mol. The Morgan fingerprint density at radius 2 is 1.37 bits per heavy atom. The minimum absolute atomic E-state index is 0.297. The molecule has 0 saturated heterocycles. The first-order valence-electron chi connectivity index (χ1n) is 6.40. The molecule has 0 spiro atoms. The van der Waals surface area contributed by atoms with Crippen molar-refractivity contribution in [1.29, 1.82) is 0 Å². The van der Waals surface area contributed by atoms with Gasteiger partial charge in [-0.15, -0.1) is 0 Å². The number of halogens is 1. The topological polar surface area (TPSA) is 46.2 Å². The minimum atomic E-state index is 0.297. The number of hydrogen-bond donors (Lipinski definition) is 2. The summed E-state index contributed by atoms with van der Waals surface area (Å²) in [5.41, 5.74) is 8.30. The van der Waals surface area contributed by atoms with Gasteiger partial charge >= 0.3 is 0 Å². The molecule has 1 atom stereocenters. The summed E-state index contributed by atoms with van der Waals surface area (Å²) in [5, 5.41) is 10.0. The van der Waals surface area contributed by atoms with Crippen LogP contribution < -0.4 is 5.73 Å². The number of phenolic OH excluding ortho intramolecular Hbond substituents is 1. The van der Waals surface area contributed by atoms with E-state index < -0.39 is 0 Å². The maximum atomic E-state index is 9.27. The van der Waals surface area contributed by atoms with Crippen LogP contribution in [0.4, 0.5) is 0 Å². The summed E-state index contributed by atoms with van der Waals surface area (Å²) in [6.07, 6.45) is 1.86. The van der Waals surface area contributed by atoms with Crippen LogP contribution in [0.1, 0.15) is 11.1 Å². The molecule has 1 unspecified atom stereocenters. The average molecular weight is 276 g/mol. The van der Waals surface area contributed by atoms with E-state index in [0.717, 1.165) is 17.9 Å². The molecule has 0 aliphatic carbocycles. The first kappa shape index (κ1) is 13.9. The second kappa shape index (κ2) is 6.60. The molecular formula is C16H18ClNO. The zero-order valence-electron chi connectivity index (χ0n) is 10.7. The molecule has 0 aliphatic rings. The highest BCUT2D eigenvalue weighted by Crippen LogP contribution is 2.18. The lowest BCUT2D eigenvalue weighted by molar-refractivity contribution is 0.474. The summed E-state index contributed by atoms with van der Waals surface area (Å²) in [6, 6.07) is 15.2. The monoisotopic (exact) mass is 275 g/mol. The van der Waals surface area contributed by atoms with Crippen LogP contribution >= 0.6 is 11.6 Å². The summed E-state index contributed by atoms with van der Waals surface area (Å²) in [7, 11) is 0. The Kier molecular flexibility index (Phi) is 4.83. The first-order chi connectivity index (χ1) is 9.17. The van der Waals surface area contributed by atoms with Gasteiger partial charge in [0.05, 0.1) is 0 Å². The van der Waals surface area contributed by atoms with Gasteiger partial charge in [-0.3, -0.25) is 0 Å². The van der Waals surface area contributed by atoms with E-state index in [1.54, 1.807) is 12.1 Å². The van der Waals surface area contributed by atoms with E-state index in [0.29, 0.717) is 18.2 Å². The Hall–Kier alpha value is -1.51. The van der Waals surface area contributed by atoms with Gasteiger partial charge in [-0.25, -0.2) is 0 Å². The third kappa shape index (κ3) is 4.27. The molecule has 0 radical (unpaired) electrons. The van der Waals surface area contributed by atoms with Gasteiger partial charge < -0.3 is 10.8 Å². The molecule has 0 heterocycles. The van der Waals surface area contributed by atoms with Gasteiger partial charge in [0, 0.05) is 5.02 Å². The van der Waals surface area contributed by atoms with E-state index in [2.05, 4.69) is 0 Å². The highest BCUT2D eigenvalue weighted by molar-refractivity contribution is 6.30. The molecule has 0 fully saturated rings. The third-order valence-corrected chi connectivity index (χ3v) is 3.48. The van der Waals surface area contributed by atoms with Crippen LogP contribution in [0.25, 0.3) is 0 Å². The molecule has 2 aromatic rings. The first-order valence-corrected chi connectivity index (χ1v) is 6.77. The third-order valence-electron chi connectivity index (χ3n) is 3.23. The molecule has 0 bridgehead atoms. The van der Waals surface area contributed by atoms with Crippen LogP contribution in [0.15, 0.2) is 48.5 Å². The number of hydrogen-bond acceptors (Lipinski definition) is 2. The van der Waals surface area contributed by atoms with Gasteiger partial charge in [0.25, 0.3) is 0 Å². The molecule has 3 N–H and O–H groups in total. The lowest BCUT2D eigenvalue weighted by Gasteiger charge is -2.15. The Bertz CT molecular complexity index is 460. The summed E-state index contributed by atoms with van der Waals surface area (Å²) < 4.78 is 0. The summed E-state index contributed by atoms with van der Waals surface area (Å²) in [6.45, 7) is 0.642. The summed E-state index contributed by atoms with van der Waals surface area (Å²) >= 11 is 5.88. The highest BCUT2D eigenvalue weighted by Gasteiger charge is 2.09. The molecule has 2 rings (SSSR count). The largest absolute Gasteiger partial charge is 0.508 e. The number of benzene rings is 2. The van der Waals surface area contributed by atoms with Crippen LogP contribution in [0, 0.1) is 5.92 Å². The average Bonchev–Trinajstić information content (AvgIpc) is 2.43. The van der Waals surface area contributed by atoms with Crippen molar-refractivity contribution in [3.05, 3.63) is 64.7 Å². The number of phenols is 1. The Balaban J connectivity index is 2.00. The number of aromatic hydroxyl groups is 1. The molecule has 0 amide bonds. The Morgan fingerprint density at radius 3 is 1.84 bits per heavy atom. The smallest absolute Gasteiger partial charge is 0.115 e. The zero-order valence-corrected chi connectivity index (χ0v) is 11.5. The van der Waals surface area contributed by atoms with E-state index in [1.807, 2.05) is 36.4 Å². The fraction of sp³-hybridized carbons (Fsp3) is 0.250. The maximum Gasteiger partial charge on any atom is 0.115 e. The highest BCUT2D eigenvalue weighted by atomic mass is 35.5. The van der Waals surface area contributed by atoms with Crippen molar-refractivity contribution in [2.75, 3.05) is 6.54 Å². The second-order valence-electron chi connectivity index (χ2n) is 4.80. The molecule has 100 valence electrons. The minimum Gasteiger partial charge on any atom is -0.508 e. The predicted octanol–water partition coefficient (Wildman–Crippen LogP) is 3.41. The quantitative estimate of drug-likeness (QED) is 0.878. The fourth-order valence-electron chi connectivity index (χ4n) is 2.16. The van der Waals surface area contributed by atoms with Crippen molar-refractivity contribution in [2.24, 2.45) is 11.7 Å². The van der Waals surface area contributed by atoms with Gasteiger partial charge in [0.1, 0.15) is 5.75 Å². The Labute approximate surface area is 118 Å². The standard InChI is InChI=1S/C16H18ClNO/c17-15-5-1-12(2-6-15)9-14(11-18)10-13-3-7-16(19)8-4-13/h1-8,14,19H,9-11,18H2. The lowest BCUT2D eigenvalue weighted by atomic mass is 9.93. The van der Waals surface area contributed by atoms with Crippen molar-refractivity contribution in [2.45, 2.75) is 12.8 Å². The second-order valence-corrected chi connectivity index (χ2v) is 5.24. The summed E-state index contributed by atoms with van der Waals surface area (Å²) in [5.74, 6) is 0.691. The van der Waals surface area contributed by atoms with Crippen LogP contribution in [0.3, 0.4) is 0 Å². The van der Waals surface area contributed by atoms with Crippen molar-refractivity contribution in [3.63, 3.8) is 0 Å². The maximum absolute atomic E-state index is 9.27. The van der Waals surface area contributed by atoms with E-state index in [-0.39, 0.29) is 0 Å². The fourth-order valence-corrected chi connectivity index (χ4v) is 2.28. The molecule has 2 aromatic carbocycles. The van der Waals surface area contributed by atoms with Gasteiger partial charge in [-0.1, -0.05) is 35.9 Å². The van der Waals surface area contributed by atoms with Gasteiger partial charge in [0.15, 0.2) is 0 Å². The molecule has 0 saturated carbocycles. The Morgan fingerprint density at radius 1 is 0.895 bits per heavy atom. The van der Waals surface area contributed by atoms with Crippen LogP contribution in [0.5, 0.6) is 5.75 Å². The van der Waals surface area contributed by atoms with Crippen molar-refractivity contribution in [3.8, 4) is 5.75 Å². The van der Waals surface area contributed by atoms with Crippen molar-refractivity contribution in [1.82, 2.24) is 0 Å². The van der Waals surface area contributed by atoms with Gasteiger partial charge in [-0.2, -0.15) is 0 Å². The van der Waals surface area contributed by atoms with Crippen LogP contribution in [0.2, 0.25) is 5.02 Å². The summed E-state index contributed by atoms with van der Waals surface area (Å²) in [4.78, 5) is 0. The molecule has 3 heteroatoms. The van der Waals surface area contributed by atoms with Gasteiger partial charge in [0.2, 0.25) is 0 Å². The van der Waals surface area contributed by atoms with Crippen LogP contribution in [-0.4, -0.2) is 11.7 Å². The van der Waals surface area contributed by atoms with Crippen LogP contribution in [-0.2, 0) is 12.8 Å². The normalized spacial score (nSPS) is 12.3. The molecule has 0 aromatic heterocycles. The number of rotatable bonds is 5. The molecular weight excluding hydrogens is 258 g/mol. The van der Waals surface area contributed by atoms with Gasteiger partial charge in [-0.05, 0) is 60.7 Å². The van der Waals surface area contributed by atoms with Crippen molar-refractivity contribution < 1.29 is 5.11 Å². The molecule has 0 aliphatic heterocycles.